The van der Waals surface area contributed by atoms with Gasteiger partial charge in [0.25, 0.3) is 0 Å². The Hall–Kier alpha value is -3.70. The Bertz CT molecular complexity index is 985. The molecule has 1 fully saturated rings. The van der Waals surface area contributed by atoms with Crippen LogP contribution in [0.4, 0.5) is 0 Å². The highest BCUT2D eigenvalue weighted by molar-refractivity contribution is 6.27. The molecule has 3 aromatic carbocycles. The Morgan fingerprint density at radius 3 is 1.48 bits per heavy atom. The van der Waals surface area contributed by atoms with Gasteiger partial charge in [-0.25, -0.2) is 9.59 Å². The molecule has 31 heavy (non-hydrogen) atoms. The highest BCUT2D eigenvalue weighted by atomic mass is 16.4. The maximum Gasteiger partial charge on any atom is 0.414 e. The highest BCUT2D eigenvalue weighted by Crippen LogP contribution is 2.35. The molecular weight excluding hydrogens is 390 g/mol. The molecule has 0 spiro atoms. The van der Waals surface area contributed by atoms with Crippen molar-refractivity contribution in [3.8, 4) is 0 Å². The van der Waals surface area contributed by atoms with Crippen molar-refractivity contribution in [1.82, 2.24) is 4.90 Å². The van der Waals surface area contributed by atoms with Gasteiger partial charge in [-0.2, -0.15) is 0 Å². The van der Waals surface area contributed by atoms with E-state index in [1.54, 1.807) is 0 Å². The molecule has 5 heteroatoms. The van der Waals surface area contributed by atoms with Crippen LogP contribution in [0.2, 0.25) is 0 Å². The summed E-state index contributed by atoms with van der Waals surface area (Å²) in [4.78, 5) is 20.7. The van der Waals surface area contributed by atoms with Crippen LogP contribution in [0.3, 0.4) is 0 Å². The standard InChI is InChI=1S/C24H23N.C2H2O4/c1-19(20-11-5-2-6-12-20)25-17-23(18-25)24(21-13-7-3-8-14-21)22-15-9-4-10-16-22;3-1(4)2(5)6/h2-16,19H,17-18H2,1H3;(H,3,4)(H,5,6). The first-order chi connectivity index (χ1) is 15.0. The molecule has 1 aliphatic heterocycles. The lowest BCUT2D eigenvalue weighted by atomic mass is 9.88. The SMILES string of the molecule is CC(c1ccccc1)N1CC(=C(c2ccccc2)c2ccccc2)C1.O=C(O)C(=O)O. The molecule has 1 saturated heterocycles. The second kappa shape index (κ2) is 10.4. The van der Waals surface area contributed by atoms with Crippen LogP contribution in [0.1, 0.15) is 29.7 Å². The predicted octanol–water partition coefficient (Wildman–Crippen LogP) is 4.72. The van der Waals surface area contributed by atoms with E-state index in [1.807, 2.05) is 0 Å². The Labute approximate surface area is 181 Å². The second-order valence-electron chi connectivity index (χ2n) is 7.31. The van der Waals surface area contributed by atoms with Crippen LogP contribution >= 0.6 is 0 Å². The first kappa shape index (κ1) is 22.0. The summed E-state index contributed by atoms with van der Waals surface area (Å²) in [6, 6.07) is 32.8. The summed E-state index contributed by atoms with van der Waals surface area (Å²) in [6.45, 7) is 4.38. The molecule has 158 valence electrons. The highest BCUT2D eigenvalue weighted by Gasteiger charge is 2.29. The minimum absolute atomic E-state index is 0.456. The molecule has 0 aliphatic carbocycles. The third-order valence-electron chi connectivity index (χ3n) is 5.28. The number of hydrogen-bond acceptors (Lipinski definition) is 3. The van der Waals surface area contributed by atoms with Gasteiger partial charge in [0.2, 0.25) is 0 Å². The van der Waals surface area contributed by atoms with Crippen LogP contribution in [-0.2, 0) is 9.59 Å². The van der Waals surface area contributed by atoms with Crippen LogP contribution in [0.25, 0.3) is 5.57 Å². The van der Waals surface area contributed by atoms with Crippen LogP contribution in [0.15, 0.2) is 96.6 Å². The molecule has 1 atom stereocenters. The zero-order valence-corrected chi connectivity index (χ0v) is 17.3. The van der Waals surface area contributed by atoms with E-state index in [1.165, 1.54) is 27.8 Å². The summed E-state index contributed by atoms with van der Waals surface area (Å²) >= 11 is 0. The zero-order chi connectivity index (χ0) is 22.2. The average Bonchev–Trinajstić information content (AvgIpc) is 2.77. The maximum atomic E-state index is 9.10. The van der Waals surface area contributed by atoms with Crippen LogP contribution in [0.5, 0.6) is 0 Å². The first-order valence-corrected chi connectivity index (χ1v) is 10.1. The first-order valence-electron chi connectivity index (χ1n) is 10.1. The van der Waals surface area contributed by atoms with E-state index in [9.17, 15) is 0 Å². The van der Waals surface area contributed by atoms with Crippen LogP contribution < -0.4 is 0 Å². The lowest BCUT2D eigenvalue weighted by molar-refractivity contribution is -0.159. The monoisotopic (exact) mass is 415 g/mol. The third-order valence-corrected chi connectivity index (χ3v) is 5.28. The molecular formula is C26H25NO4. The van der Waals surface area contributed by atoms with E-state index in [2.05, 4.69) is 103 Å². The number of carbonyl (C=O) groups is 2. The van der Waals surface area contributed by atoms with Crippen molar-refractivity contribution < 1.29 is 19.8 Å². The molecule has 0 aromatic heterocycles. The number of hydrogen-bond donors (Lipinski definition) is 2. The van der Waals surface area contributed by atoms with Crippen molar-refractivity contribution in [1.29, 1.82) is 0 Å². The maximum absolute atomic E-state index is 9.10. The summed E-state index contributed by atoms with van der Waals surface area (Å²) in [6.07, 6.45) is 0. The van der Waals surface area contributed by atoms with Crippen molar-refractivity contribution in [2.24, 2.45) is 0 Å². The number of benzene rings is 3. The molecule has 1 heterocycles. The lowest BCUT2D eigenvalue weighted by Crippen LogP contribution is -2.42. The molecule has 4 rings (SSSR count). The van der Waals surface area contributed by atoms with Crippen LogP contribution in [0, 0.1) is 0 Å². The van der Waals surface area contributed by atoms with Crippen LogP contribution in [-0.4, -0.2) is 40.1 Å². The summed E-state index contributed by atoms with van der Waals surface area (Å²) in [7, 11) is 0. The van der Waals surface area contributed by atoms with E-state index >= 15 is 0 Å². The lowest BCUT2D eigenvalue weighted by Gasteiger charge is -2.40. The molecule has 5 nitrogen and oxygen atoms in total. The van der Waals surface area contributed by atoms with Gasteiger partial charge < -0.3 is 10.2 Å². The summed E-state index contributed by atoms with van der Waals surface area (Å²) in [5.74, 6) is -3.65. The fraction of sp³-hybridized carbons (Fsp3) is 0.154. The van der Waals surface area contributed by atoms with Gasteiger partial charge in [-0.1, -0.05) is 91.0 Å². The van der Waals surface area contributed by atoms with Crippen molar-refractivity contribution in [2.75, 3.05) is 13.1 Å². The zero-order valence-electron chi connectivity index (χ0n) is 17.3. The summed E-state index contributed by atoms with van der Waals surface area (Å²) in [5.41, 5.74) is 6.95. The normalized spacial score (nSPS) is 13.9. The topological polar surface area (TPSA) is 77.8 Å². The number of rotatable bonds is 4. The number of nitrogens with zero attached hydrogens (tertiary/aromatic N) is 1. The minimum atomic E-state index is -1.82. The third kappa shape index (κ3) is 5.68. The Morgan fingerprint density at radius 2 is 1.10 bits per heavy atom. The number of likely N-dealkylation sites (tertiary alicyclic amines) is 1. The minimum Gasteiger partial charge on any atom is -0.473 e. The van der Waals surface area contributed by atoms with Crippen molar-refractivity contribution >= 4 is 17.5 Å². The van der Waals surface area contributed by atoms with Gasteiger partial charge in [-0.3, -0.25) is 4.90 Å². The largest absolute Gasteiger partial charge is 0.473 e. The summed E-state index contributed by atoms with van der Waals surface area (Å²) < 4.78 is 0. The van der Waals surface area contributed by atoms with Gasteiger partial charge in [-0.05, 0) is 34.8 Å². The Balaban J connectivity index is 0.000000401. The van der Waals surface area contributed by atoms with E-state index in [0.717, 1.165) is 13.1 Å². The molecule has 0 radical (unpaired) electrons. The molecule has 1 unspecified atom stereocenters. The fourth-order valence-corrected chi connectivity index (χ4v) is 3.60. The number of carboxylic acid groups (broad SMARTS) is 2. The number of carboxylic acids is 2. The molecule has 0 bridgehead atoms. The smallest absolute Gasteiger partial charge is 0.414 e. The van der Waals surface area contributed by atoms with E-state index in [0.29, 0.717) is 6.04 Å². The number of aliphatic carboxylic acids is 2. The van der Waals surface area contributed by atoms with Gasteiger partial charge in [0.15, 0.2) is 0 Å². The second-order valence-corrected chi connectivity index (χ2v) is 7.31. The molecule has 3 aromatic rings. The average molecular weight is 415 g/mol. The fourth-order valence-electron chi connectivity index (χ4n) is 3.60. The molecule has 2 N–H and O–H groups in total. The quantitative estimate of drug-likeness (QED) is 0.603. The van der Waals surface area contributed by atoms with Gasteiger partial charge >= 0.3 is 11.9 Å². The van der Waals surface area contributed by atoms with Gasteiger partial charge in [-0.15, -0.1) is 0 Å². The molecule has 1 aliphatic rings. The van der Waals surface area contributed by atoms with Crippen molar-refractivity contribution in [3.05, 3.63) is 113 Å². The Morgan fingerprint density at radius 1 is 0.710 bits per heavy atom. The van der Waals surface area contributed by atoms with E-state index in [4.69, 9.17) is 19.8 Å². The summed E-state index contributed by atoms with van der Waals surface area (Å²) in [5, 5.41) is 14.8. The van der Waals surface area contributed by atoms with Gasteiger partial charge in [0.1, 0.15) is 0 Å². The molecule has 0 saturated carbocycles. The van der Waals surface area contributed by atoms with E-state index in [-0.39, 0.29) is 0 Å². The Kier molecular flexibility index (Phi) is 7.35. The van der Waals surface area contributed by atoms with E-state index < -0.39 is 11.9 Å². The van der Waals surface area contributed by atoms with Gasteiger partial charge in [0, 0.05) is 19.1 Å². The predicted molar refractivity (Wildman–Crippen MR) is 121 cm³/mol. The molecule has 0 amide bonds. The van der Waals surface area contributed by atoms with Crippen molar-refractivity contribution in [3.63, 3.8) is 0 Å². The van der Waals surface area contributed by atoms with Crippen molar-refractivity contribution in [2.45, 2.75) is 13.0 Å². The van der Waals surface area contributed by atoms with Gasteiger partial charge in [0.05, 0.1) is 0 Å².